The van der Waals surface area contributed by atoms with Crippen LogP contribution in [0.2, 0.25) is 0 Å². The number of imide groups is 1. The number of nitrogens with one attached hydrogen (secondary N) is 1. The third-order valence-corrected chi connectivity index (χ3v) is 3.88. The fourth-order valence-electron chi connectivity index (χ4n) is 2.25. The van der Waals surface area contributed by atoms with Crippen molar-refractivity contribution >= 4 is 24.0 Å². The number of hydrogen-bond donors (Lipinski definition) is 1. The minimum Gasteiger partial charge on any atom is -0.493 e. The number of rotatable bonds is 7. The molecule has 8 heteroatoms. The van der Waals surface area contributed by atoms with Gasteiger partial charge in [0.05, 0.1) is 20.3 Å². The van der Waals surface area contributed by atoms with E-state index in [-0.39, 0.29) is 11.8 Å². The summed E-state index contributed by atoms with van der Waals surface area (Å²) < 4.78 is 15.6. The van der Waals surface area contributed by atoms with Gasteiger partial charge in [0.25, 0.3) is 5.91 Å². The number of hydrogen-bond acceptors (Lipinski definition) is 6. The molecule has 1 aromatic carbocycles. The van der Waals surface area contributed by atoms with E-state index in [4.69, 9.17) is 9.47 Å². The molecule has 140 valence electrons. The van der Waals surface area contributed by atoms with E-state index >= 15 is 0 Å². The molecule has 1 saturated heterocycles. The minimum atomic E-state index is -0.678. The molecule has 1 aliphatic rings. The quantitative estimate of drug-likeness (QED) is 0.453. The predicted molar refractivity (Wildman–Crippen MR) is 93.6 cm³/mol. The summed E-state index contributed by atoms with van der Waals surface area (Å²) in [7, 11) is 2.71. The zero-order chi connectivity index (χ0) is 19.3. The van der Waals surface area contributed by atoms with Crippen LogP contribution in [0.25, 0.3) is 6.08 Å². The van der Waals surface area contributed by atoms with Crippen LogP contribution in [0.5, 0.6) is 11.5 Å². The van der Waals surface area contributed by atoms with E-state index in [1.807, 2.05) is 13.8 Å². The van der Waals surface area contributed by atoms with E-state index in [1.54, 1.807) is 18.2 Å². The van der Waals surface area contributed by atoms with Gasteiger partial charge >= 0.3 is 12.0 Å². The summed E-state index contributed by atoms with van der Waals surface area (Å²) >= 11 is 0. The van der Waals surface area contributed by atoms with Gasteiger partial charge in [0.2, 0.25) is 0 Å². The average Bonchev–Trinajstić information content (AvgIpc) is 2.89. The van der Waals surface area contributed by atoms with Crippen LogP contribution in [-0.2, 0) is 14.3 Å². The normalized spacial score (nSPS) is 16.5. The van der Waals surface area contributed by atoms with Crippen LogP contribution >= 0.6 is 0 Å². The second kappa shape index (κ2) is 8.37. The first kappa shape index (κ1) is 19.3. The maximum atomic E-state index is 12.3. The maximum Gasteiger partial charge on any atom is 0.329 e. The molecule has 0 radical (unpaired) electrons. The lowest BCUT2D eigenvalue weighted by Gasteiger charge is -2.15. The first-order valence-corrected chi connectivity index (χ1v) is 8.15. The number of carbonyl (C=O) groups excluding carboxylic acids is 3. The summed E-state index contributed by atoms with van der Waals surface area (Å²) in [5.74, 6) is -0.164. The molecular formula is C18H22N2O6. The fourth-order valence-corrected chi connectivity index (χ4v) is 2.25. The van der Waals surface area contributed by atoms with E-state index < -0.39 is 24.5 Å². The Morgan fingerprint density at radius 2 is 2.00 bits per heavy atom. The standard InChI is InChI=1S/C18H22N2O6/c1-5-11(2)26-14-7-6-12(9-15(14)24-3)8-13-17(22)20(18(23)19-13)10-16(21)25-4/h6-9,11H,5,10H2,1-4H3,(H,19,23)/b13-8+/t11-/m0/s1. The van der Waals surface area contributed by atoms with Gasteiger partial charge in [-0.1, -0.05) is 13.0 Å². The Morgan fingerprint density at radius 1 is 1.27 bits per heavy atom. The van der Waals surface area contributed by atoms with Crippen molar-refractivity contribution in [1.82, 2.24) is 10.2 Å². The number of carbonyl (C=O) groups is 3. The molecule has 0 bridgehead atoms. The molecular weight excluding hydrogens is 340 g/mol. The van der Waals surface area contributed by atoms with E-state index in [2.05, 4.69) is 10.1 Å². The van der Waals surface area contributed by atoms with Gasteiger partial charge in [0.15, 0.2) is 11.5 Å². The summed E-state index contributed by atoms with van der Waals surface area (Å²) in [6.45, 7) is 3.53. The molecule has 0 unspecified atom stereocenters. The molecule has 0 spiro atoms. The first-order valence-electron chi connectivity index (χ1n) is 8.15. The highest BCUT2D eigenvalue weighted by atomic mass is 16.5. The molecule has 0 aromatic heterocycles. The Hall–Kier alpha value is -3.03. The van der Waals surface area contributed by atoms with Gasteiger partial charge in [0.1, 0.15) is 12.2 Å². The van der Waals surface area contributed by atoms with Crippen molar-refractivity contribution in [2.45, 2.75) is 26.4 Å². The van der Waals surface area contributed by atoms with E-state index in [0.717, 1.165) is 11.3 Å². The molecule has 1 aliphatic heterocycles. The molecule has 0 aliphatic carbocycles. The Labute approximate surface area is 151 Å². The Kier molecular flexibility index (Phi) is 6.21. The number of esters is 1. The van der Waals surface area contributed by atoms with E-state index in [9.17, 15) is 14.4 Å². The van der Waals surface area contributed by atoms with Crippen LogP contribution in [0.15, 0.2) is 23.9 Å². The van der Waals surface area contributed by atoms with Crippen LogP contribution in [0.3, 0.4) is 0 Å². The summed E-state index contributed by atoms with van der Waals surface area (Å²) in [6, 6.07) is 4.52. The summed E-state index contributed by atoms with van der Waals surface area (Å²) in [6.07, 6.45) is 2.40. The van der Waals surface area contributed by atoms with Crippen LogP contribution in [0.1, 0.15) is 25.8 Å². The summed E-state index contributed by atoms with van der Waals surface area (Å²) in [5, 5.41) is 2.44. The lowest BCUT2D eigenvalue weighted by Crippen LogP contribution is -2.36. The van der Waals surface area contributed by atoms with Gasteiger partial charge in [-0.25, -0.2) is 9.69 Å². The SMILES string of the molecule is CC[C@H](C)Oc1ccc(/C=C2/NC(=O)N(CC(=O)OC)C2=O)cc1OC. The highest BCUT2D eigenvalue weighted by Crippen LogP contribution is 2.30. The summed E-state index contributed by atoms with van der Waals surface area (Å²) in [4.78, 5) is 36.3. The lowest BCUT2D eigenvalue weighted by atomic mass is 10.1. The number of amides is 3. The minimum absolute atomic E-state index is 0.0377. The van der Waals surface area contributed by atoms with Crippen molar-refractivity contribution in [2.75, 3.05) is 20.8 Å². The largest absolute Gasteiger partial charge is 0.493 e. The van der Waals surface area contributed by atoms with Crippen LogP contribution in [-0.4, -0.2) is 49.7 Å². The van der Waals surface area contributed by atoms with Crippen LogP contribution < -0.4 is 14.8 Å². The van der Waals surface area contributed by atoms with Gasteiger partial charge < -0.3 is 19.5 Å². The topological polar surface area (TPSA) is 94.2 Å². The molecule has 1 aromatic rings. The third kappa shape index (κ3) is 4.33. The number of nitrogens with zero attached hydrogens (tertiary/aromatic N) is 1. The highest BCUT2D eigenvalue weighted by molar-refractivity contribution is 6.15. The Morgan fingerprint density at radius 3 is 2.62 bits per heavy atom. The first-order chi connectivity index (χ1) is 12.4. The monoisotopic (exact) mass is 362 g/mol. The second-order valence-corrected chi connectivity index (χ2v) is 5.70. The molecule has 1 atom stereocenters. The fraction of sp³-hybridized carbons (Fsp3) is 0.389. The predicted octanol–water partition coefficient (Wildman–Crippen LogP) is 1.94. The smallest absolute Gasteiger partial charge is 0.329 e. The van der Waals surface area contributed by atoms with Crippen molar-refractivity contribution in [1.29, 1.82) is 0 Å². The molecule has 0 saturated carbocycles. The van der Waals surface area contributed by atoms with Gasteiger partial charge in [-0.2, -0.15) is 0 Å². The highest BCUT2D eigenvalue weighted by Gasteiger charge is 2.35. The average molecular weight is 362 g/mol. The molecule has 2 rings (SSSR count). The van der Waals surface area contributed by atoms with Crippen molar-refractivity contribution < 1.29 is 28.6 Å². The third-order valence-electron chi connectivity index (χ3n) is 3.88. The second-order valence-electron chi connectivity index (χ2n) is 5.70. The maximum absolute atomic E-state index is 12.3. The molecule has 26 heavy (non-hydrogen) atoms. The number of methoxy groups -OCH3 is 2. The zero-order valence-electron chi connectivity index (χ0n) is 15.2. The van der Waals surface area contributed by atoms with Gasteiger partial charge in [-0.3, -0.25) is 9.59 Å². The number of urea groups is 1. The van der Waals surface area contributed by atoms with Crippen molar-refractivity contribution in [3.63, 3.8) is 0 Å². The van der Waals surface area contributed by atoms with Gasteiger partial charge in [0, 0.05) is 0 Å². The van der Waals surface area contributed by atoms with E-state index in [1.165, 1.54) is 20.3 Å². The van der Waals surface area contributed by atoms with Crippen molar-refractivity contribution in [3.8, 4) is 11.5 Å². The van der Waals surface area contributed by atoms with Gasteiger partial charge in [-0.15, -0.1) is 0 Å². The Bertz CT molecular complexity index is 743. The van der Waals surface area contributed by atoms with Crippen LogP contribution in [0.4, 0.5) is 4.79 Å². The lowest BCUT2D eigenvalue weighted by molar-refractivity contribution is -0.143. The molecule has 1 N–H and O–H groups in total. The summed E-state index contributed by atoms with van der Waals surface area (Å²) in [5.41, 5.74) is 0.707. The Balaban J connectivity index is 2.22. The van der Waals surface area contributed by atoms with Crippen molar-refractivity contribution in [2.24, 2.45) is 0 Å². The molecule has 8 nitrogen and oxygen atoms in total. The number of ether oxygens (including phenoxy) is 3. The van der Waals surface area contributed by atoms with E-state index in [0.29, 0.717) is 17.1 Å². The molecule has 1 fully saturated rings. The molecule has 3 amide bonds. The molecule has 1 heterocycles. The van der Waals surface area contributed by atoms with Crippen molar-refractivity contribution in [3.05, 3.63) is 29.5 Å². The zero-order valence-corrected chi connectivity index (χ0v) is 15.2. The van der Waals surface area contributed by atoms with Gasteiger partial charge in [-0.05, 0) is 37.1 Å². The number of benzene rings is 1. The van der Waals surface area contributed by atoms with Crippen LogP contribution in [0, 0.1) is 0 Å².